The van der Waals surface area contributed by atoms with Crippen LogP contribution in [0.4, 0.5) is 11.6 Å². The third-order valence-electron chi connectivity index (χ3n) is 5.98. The van der Waals surface area contributed by atoms with Gasteiger partial charge in [-0.2, -0.15) is 4.98 Å². The summed E-state index contributed by atoms with van der Waals surface area (Å²) in [7, 11) is -2.22. The van der Waals surface area contributed by atoms with Crippen molar-refractivity contribution in [1.82, 2.24) is 4.98 Å². The number of piperazine rings is 1. The van der Waals surface area contributed by atoms with Crippen LogP contribution in [-0.2, 0) is 9.84 Å². The van der Waals surface area contributed by atoms with Crippen molar-refractivity contribution >= 4 is 37.3 Å². The minimum Gasteiger partial charge on any atom is -0.497 e. The lowest BCUT2D eigenvalue weighted by atomic mass is 10.2. The highest BCUT2D eigenvalue weighted by atomic mass is 79.9. The molecule has 5 rings (SSSR count). The lowest BCUT2D eigenvalue weighted by Gasteiger charge is -2.36. The summed E-state index contributed by atoms with van der Waals surface area (Å²) in [6.07, 6.45) is 0. The van der Waals surface area contributed by atoms with Crippen molar-refractivity contribution in [3.63, 3.8) is 0 Å². The Labute approximate surface area is 213 Å². The predicted molar refractivity (Wildman–Crippen MR) is 139 cm³/mol. The minimum absolute atomic E-state index is 0.0560. The Morgan fingerprint density at radius 1 is 0.857 bits per heavy atom. The molecule has 0 aliphatic carbocycles. The van der Waals surface area contributed by atoms with Gasteiger partial charge in [0.25, 0.3) is 0 Å². The van der Waals surface area contributed by atoms with E-state index in [1.165, 1.54) is 0 Å². The molecule has 35 heavy (non-hydrogen) atoms. The SMILES string of the molecule is COc1ccc(N2CCN(c3oc(-c4ccc(Br)cc4)nc3S(=O)(=O)c3ccccc3)CC2)cc1. The van der Waals surface area contributed by atoms with Crippen LogP contribution in [0.3, 0.4) is 0 Å². The number of nitrogens with zero attached hydrogens (tertiary/aromatic N) is 3. The smallest absolute Gasteiger partial charge is 0.236 e. The van der Waals surface area contributed by atoms with Crippen LogP contribution >= 0.6 is 15.9 Å². The first-order valence-corrected chi connectivity index (χ1v) is 13.4. The zero-order valence-corrected chi connectivity index (χ0v) is 21.5. The molecule has 1 aliphatic rings. The Balaban J connectivity index is 1.47. The van der Waals surface area contributed by atoms with Crippen molar-refractivity contribution in [3.05, 3.63) is 83.3 Å². The van der Waals surface area contributed by atoms with Gasteiger partial charge in [0.2, 0.25) is 26.6 Å². The fourth-order valence-corrected chi connectivity index (χ4v) is 5.67. The van der Waals surface area contributed by atoms with Crippen molar-refractivity contribution in [2.24, 2.45) is 0 Å². The van der Waals surface area contributed by atoms with E-state index in [1.807, 2.05) is 53.4 Å². The van der Waals surface area contributed by atoms with Crippen molar-refractivity contribution in [2.45, 2.75) is 9.92 Å². The molecule has 4 aromatic rings. The van der Waals surface area contributed by atoms with E-state index in [4.69, 9.17) is 9.15 Å². The third kappa shape index (κ3) is 4.78. The Hall–Kier alpha value is -3.30. The molecule has 1 saturated heterocycles. The molecule has 180 valence electrons. The maximum absolute atomic E-state index is 13.6. The monoisotopic (exact) mass is 553 g/mol. The molecule has 7 nitrogen and oxygen atoms in total. The topological polar surface area (TPSA) is 75.9 Å². The number of benzene rings is 3. The molecular weight excluding hydrogens is 530 g/mol. The quantitative estimate of drug-likeness (QED) is 0.321. The number of halogens is 1. The van der Waals surface area contributed by atoms with Crippen molar-refractivity contribution in [1.29, 1.82) is 0 Å². The number of sulfone groups is 1. The second-order valence-electron chi connectivity index (χ2n) is 8.12. The molecule has 1 aliphatic heterocycles. The van der Waals surface area contributed by atoms with Gasteiger partial charge in [0, 0.05) is 41.9 Å². The van der Waals surface area contributed by atoms with E-state index < -0.39 is 9.84 Å². The standard InChI is InChI=1S/C26H24BrN3O4S/c1-33-22-13-11-21(12-14-22)29-15-17-30(18-16-29)26-25(35(31,32)23-5-3-2-4-6-23)28-24(34-26)19-7-9-20(27)10-8-19/h2-14H,15-18H2,1H3. The molecule has 3 aromatic carbocycles. The number of hydrogen-bond acceptors (Lipinski definition) is 7. The minimum atomic E-state index is -3.87. The van der Waals surface area contributed by atoms with Gasteiger partial charge in [-0.25, -0.2) is 8.42 Å². The Kier molecular flexibility index (Phi) is 6.53. The second-order valence-corrected chi connectivity index (χ2v) is 10.9. The number of aromatic nitrogens is 1. The predicted octanol–water partition coefficient (Wildman–Crippen LogP) is 5.27. The van der Waals surface area contributed by atoms with Crippen LogP contribution < -0.4 is 14.5 Å². The average molecular weight is 554 g/mol. The molecular formula is C26H24BrN3O4S. The van der Waals surface area contributed by atoms with Crippen molar-refractivity contribution in [3.8, 4) is 17.2 Å². The van der Waals surface area contributed by atoms with Crippen LogP contribution in [0.2, 0.25) is 0 Å². The summed E-state index contributed by atoms with van der Waals surface area (Å²) in [5.41, 5.74) is 1.80. The Bertz CT molecular complexity index is 1400. The fourth-order valence-electron chi connectivity index (χ4n) is 4.06. The summed E-state index contributed by atoms with van der Waals surface area (Å²) in [4.78, 5) is 8.90. The molecule has 2 heterocycles. The molecule has 1 aromatic heterocycles. The molecule has 0 radical (unpaired) electrons. The maximum Gasteiger partial charge on any atom is 0.236 e. The molecule has 1 fully saturated rings. The second kappa shape index (κ2) is 9.75. The van der Waals surface area contributed by atoms with E-state index in [-0.39, 0.29) is 21.7 Å². The third-order valence-corrected chi connectivity index (χ3v) is 8.18. The zero-order chi connectivity index (χ0) is 24.4. The fraction of sp³-hybridized carbons (Fsp3) is 0.192. The lowest BCUT2D eigenvalue weighted by Crippen LogP contribution is -2.46. The molecule has 0 saturated carbocycles. The number of anilines is 2. The summed E-state index contributed by atoms with van der Waals surface area (Å²) < 4.78 is 39.4. The van der Waals surface area contributed by atoms with E-state index in [0.717, 1.165) is 15.9 Å². The Morgan fingerprint density at radius 3 is 2.11 bits per heavy atom. The van der Waals surface area contributed by atoms with Gasteiger partial charge in [-0.1, -0.05) is 34.1 Å². The van der Waals surface area contributed by atoms with Crippen molar-refractivity contribution in [2.75, 3.05) is 43.1 Å². The van der Waals surface area contributed by atoms with Gasteiger partial charge < -0.3 is 19.0 Å². The molecule has 9 heteroatoms. The van der Waals surface area contributed by atoms with Crippen LogP contribution in [0, 0.1) is 0 Å². The van der Waals surface area contributed by atoms with Gasteiger partial charge in [-0.3, -0.25) is 0 Å². The maximum atomic E-state index is 13.6. The summed E-state index contributed by atoms with van der Waals surface area (Å²) in [5.74, 6) is 1.37. The normalized spacial score (nSPS) is 14.2. The first-order valence-electron chi connectivity index (χ1n) is 11.2. The van der Waals surface area contributed by atoms with Crippen LogP contribution in [0.25, 0.3) is 11.5 Å². The van der Waals surface area contributed by atoms with Gasteiger partial charge in [-0.05, 0) is 60.7 Å². The van der Waals surface area contributed by atoms with Gasteiger partial charge in [0.1, 0.15) is 5.75 Å². The van der Waals surface area contributed by atoms with Crippen molar-refractivity contribution < 1.29 is 17.6 Å². The Morgan fingerprint density at radius 2 is 1.49 bits per heavy atom. The highest BCUT2D eigenvalue weighted by Crippen LogP contribution is 2.35. The first-order chi connectivity index (χ1) is 17.0. The summed E-state index contributed by atoms with van der Waals surface area (Å²) in [5, 5.41) is -0.0560. The molecule has 0 N–H and O–H groups in total. The zero-order valence-electron chi connectivity index (χ0n) is 19.1. The summed E-state index contributed by atoms with van der Waals surface area (Å²) in [6, 6.07) is 23.7. The number of rotatable bonds is 6. The van der Waals surface area contributed by atoms with Crippen LogP contribution in [0.1, 0.15) is 0 Å². The molecule has 0 atom stereocenters. The molecule has 0 unspecified atom stereocenters. The highest BCUT2D eigenvalue weighted by Gasteiger charge is 2.32. The van der Waals surface area contributed by atoms with Crippen LogP contribution in [-0.4, -0.2) is 46.7 Å². The number of hydrogen-bond donors (Lipinski definition) is 0. The van der Waals surface area contributed by atoms with E-state index in [1.54, 1.807) is 37.4 Å². The van der Waals surface area contributed by atoms with Gasteiger partial charge >= 0.3 is 0 Å². The number of methoxy groups -OCH3 is 1. The molecule has 0 bridgehead atoms. The van der Waals surface area contributed by atoms with Gasteiger partial charge in [0.15, 0.2) is 0 Å². The largest absolute Gasteiger partial charge is 0.497 e. The van der Waals surface area contributed by atoms with Gasteiger partial charge in [0.05, 0.1) is 12.0 Å². The number of ether oxygens (including phenoxy) is 1. The summed E-state index contributed by atoms with van der Waals surface area (Å²) in [6.45, 7) is 2.62. The average Bonchev–Trinajstić information content (AvgIpc) is 3.36. The molecule has 0 spiro atoms. The summed E-state index contributed by atoms with van der Waals surface area (Å²) >= 11 is 3.43. The van der Waals surface area contributed by atoms with Gasteiger partial charge in [-0.15, -0.1) is 0 Å². The highest BCUT2D eigenvalue weighted by molar-refractivity contribution is 9.10. The lowest BCUT2D eigenvalue weighted by molar-refractivity contribution is 0.415. The van der Waals surface area contributed by atoms with Crippen LogP contribution in [0.5, 0.6) is 5.75 Å². The van der Waals surface area contributed by atoms with E-state index in [0.29, 0.717) is 31.7 Å². The van der Waals surface area contributed by atoms with E-state index in [2.05, 4.69) is 25.8 Å². The first kappa shape index (κ1) is 23.4. The molecule has 0 amide bonds. The number of oxazole rings is 1. The van der Waals surface area contributed by atoms with Crippen LogP contribution in [0.15, 0.2) is 97.7 Å². The van der Waals surface area contributed by atoms with E-state index in [9.17, 15) is 8.42 Å². The van der Waals surface area contributed by atoms with E-state index >= 15 is 0 Å².